The third kappa shape index (κ3) is 11.5. The van der Waals surface area contributed by atoms with Crippen molar-refractivity contribution in [1.82, 2.24) is 58.3 Å². The van der Waals surface area contributed by atoms with Crippen molar-refractivity contribution in [2.75, 3.05) is 0 Å². The molecule has 4 amide bonds. The molecule has 11 rings (SSSR count). The SMILES string of the molecule is O=C1Cc2c(n(CCCC(F)F)c(=O)n(CCCCc3noc(-c4ccccn4)n3)c2=O)C(=O)N1C1CCC1.O=C1Cc2c(n(CCCC3CC3)c(=O)n(CCCCc3noc(-c4ccccn4)n3)c2=O)C(=O)N1C1CCC1. The van der Waals surface area contributed by atoms with Gasteiger partial charge in [0.2, 0.25) is 18.2 Å². The molecule has 0 spiro atoms. The molecule has 5 aliphatic rings. The summed E-state index contributed by atoms with van der Waals surface area (Å²) in [4.78, 5) is 126. The van der Waals surface area contributed by atoms with E-state index in [9.17, 15) is 47.1 Å². The Hall–Kier alpha value is -7.92. The van der Waals surface area contributed by atoms with Crippen molar-refractivity contribution in [2.45, 2.75) is 173 Å². The Morgan fingerprint density at radius 2 is 0.987 bits per heavy atom. The molecule has 0 bridgehead atoms. The second kappa shape index (κ2) is 23.8. The first kappa shape index (κ1) is 53.5. The first-order valence-electron chi connectivity index (χ1n) is 27.1. The molecule has 0 saturated heterocycles. The van der Waals surface area contributed by atoms with Crippen LogP contribution in [-0.4, -0.2) is 100 Å². The number of imide groups is 2. The predicted octanol–water partition coefficient (Wildman–Crippen LogP) is 5.35. The molecule has 3 saturated carbocycles. The van der Waals surface area contributed by atoms with Crippen molar-refractivity contribution in [3.05, 3.63) is 125 Å². The zero-order valence-electron chi connectivity index (χ0n) is 43.1. The average Bonchev–Trinajstić information content (AvgIpc) is 3.85. The molecule has 410 valence electrons. The molecule has 3 fully saturated rings. The zero-order chi connectivity index (χ0) is 54.5. The highest BCUT2D eigenvalue weighted by Gasteiger charge is 2.43. The van der Waals surface area contributed by atoms with Crippen LogP contribution in [0, 0.1) is 5.92 Å². The molecular weight excluding hydrogens is 1010 g/mol. The molecule has 6 aromatic rings. The van der Waals surface area contributed by atoms with Gasteiger partial charge >= 0.3 is 11.4 Å². The van der Waals surface area contributed by atoms with E-state index in [0.29, 0.717) is 92.8 Å². The number of alkyl halides is 2. The highest BCUT2D eigenvalue weighted by atomic mass is 19.3. The number of fused-ring (bicyclic) bond motifs is 2. The van der Waals surface area contributed by atoms with E-state index in [-0.39, 0.29) is 85.3 Å². The van der Waals surface area contributed by atoms with Gasteiger partial charge in [0.1, 0.15) is 22.8 Å². The molecule has 22 nitrogen and oxygen atoms in total. The first-order chi connectivity index (χ1) is 37.9. The van der Waals surface area contributed by atoms with Gasteiger partial charge in [0.15, 0.2) is 11.6 Å². The summed E-state index contributed by atoms with van der Waals surface area (Å²) in [6, 6.07) is 10.4. The Bertz CT molecular complexity index is 3210. The second-order valence-electron chi connectivity index (χ2n) is 20.6. The van der Waals surface area contributed by atoms with E-state index < -0.39 is 53.1 Å². The molecule has 78 heavy (non-hydrogen) atoms. The molecule has 0 unspecified atom stereocenters. The quantitative estimate of drug-likeness (QED) is 0.0613. The molecule has 0 N–H and O–H groups in total. The van der Waals surface area contributed by atoms with Gasteiger partial charge in [-0.1, -0.05) is 35.3 Å². The number of pyridine rings is 2. The maximum Gasteiger partial charge on any atom is 0.331 e. The van der Waals surface area contributed by atoms with E-state index in [1.165, 1.54) is 26.9 Å². The van der Waals surface area contributed by atoms with Gasteiger partial charge in [0.05, 0.1) is 24.0 Å². The number of rotatable bonds is 22. The third-order valence-electron chi connectivity index (χ3n) is 15.2. The molecule has 2 aliphatic heterocycles. The van der Waals surface area contributed by atoms with Crippen molar-refractivity contribution < 1.29 is 37.0 Å². The zero-order valence-corrected chi connectivity index (χ0v) is 43.1. The number of carbonyl (C=O) groups is 4. The summed E-state index contributed by atoms with van der Waals surface area (Å²) in [5.74, 6) is 0.302. The summed E-state index contributed by atoms with van der Waals surface area (Å²) >= 11 is 0. The first-order valence-corrected chi connectivity index (χ1v) is 27.1. The highest BCUT2D eigenvalue weighted by molar-refractivity contribution is 6.09. The topological polar surface area (TPSA) is 266 Å². The van der Waals surface area contributed by atoms with Gasteiger partial charge in [-0.3, -0.25) is 66.8 Å². The van der Waals surface area contributed by atoms with Gasteiger partial charge in [0.25, 0.3) is 34.7 Å². The number of aryl methyl sites for hydroxylation is 2. The summed E-state index contributed by atoms with van der Waals surface area (Å²) in [5, 5.41) is 7.95. The van der Waals surface area contributed by atoms with E-state index in [0.717, 1.165) is 52.6 Å². The van der Waals surface area contributed by atoms with Crippen LogP contribution in [0.4, 0.5) is 8.78 Å². The van der Waals surface area contributed by atoms with E-state index >= 15 is 0 Å². The second-order valence-corrected chi connectivity index (χ2v) is 20.6. The minimum atomic E-state index is -2.56. The number of amides is 4. The number of carbonyl (C=O) groups excluding carboxylic acids is 4. The summed E-state index contributed by atoms with van der Waals surface area (Å²) in [5.41, 5.74) is -1.19. The lowest BCUT2D eigenvalue weighted by atomic mass is 9.89. The van der Waals surface area contributed by atoms with Crippen LogP contribution in [-0.2, 0) is 61.5 Å². The van der Waals surface area contributed by atoms with Gasteiger partial charge in [-0.05, 0) is 114 Å². The van der Waals surface area contributed by atoms with Gasteiger partial charge in [-0.15, -0.1) is 0 Å². The lowest BCUT2D eigenvalue weighted by Gasteiger charge is -2.39. The van der Waals surface area contributed by atoms with Crippen LogP contribution >= 0.6 is 0 Å². The largest absolute Gasteiger partial charge is 0.332 e. The highest BCUT2D eigenvalue weighted by Crippen LogP contribution is 2.34. The monoisotopic (exact) mass is 1070 g/mol. The van der Waals surface area contributed by atoms with Crippen molar-refractivity contribution in [1.29, 1.82) is 0 Å². The van der Waals surface area contributed by atoms with Crippen LogP contribution in [0.5, 0.6) is 0 Å². The van der Waals surface area contributed by atoms with E-state index in [4.69, 9.17) is 9.05 Å². The molecule has 3 aliphatic carbocycles. The fraction of sp³-hybridized carbons (Fsp3) is 0.519. The van der Waals surface area contributed by atoms with Crippen LogP contribution < -0.4 is 22.5 Å². The van der Waals surface area contributed by atoms with Crippen molar-refractivity contribution in [3.63, 3.8) is 0 Å². The van der Waals surface area contributed by atoms with Crippen molar-refractivity contribution in [2.24, 2.45) is 5.92 Å². The van der Waals surface area contributed by atoms with Crippen LogP contribution in [0.15, 0.2) is 77.0 Å². The fourth-order valence-electron chi connectivity index (χ4n) is 10.4. The lowest BCUT2D eigenvalue weighted by Crippen LogP contribution is -2.56. The Kier molecular flexibility index (Phi) is 16.3. The molecule has 8 heterocycles. The smallest absolute Gasteiger partial charge is 0.331 e. The molecule has 0 radical (unpaired) electrons. The van der Waals surface area contributed by atoms with Gasteiger partial charge in [-0.2, -0.15) is 9.97 Å². The molecule has 24 heteroatoms. The van der Waals surface area contributed by atoms with Gasteiger partial charge in [0, 0.05) is 69.9 Å². The normalized spacial score (nSPS) is 16.5. The Balaban J connectivity index is 0.000000176. The molecule has 6 aromatic heterocycles. The van der Waals surface area contributed by atoms with Crippen molar-refractivity contribution >= 4 is 23.6 Å². The summed E-state index contributed by atoms with van der Waals surface area (Å²) in [6.07, 6.45) is 11.7. The number of hydrogen-bond acceptors (Lipinski definition) is 16. The summed E-state index contributed by atoms with van der Waals surface area (Å²) in [7, 11) is 0. The third-order valence-corrected chi connectivity index (χ3v) is 15.2. The standard InChI is InChI=1S/C28H32N6O5.C26H28F2N6O5/c35-23-17-20-24(27(37)34(23)19-8-5-9-19)32(16-6-7-18-12-13-18)28(38)33(26(20)36)15-4-2-11-22-30-25(39-31-22)21-10-1-3-14-29-21;27-19(28)10-6-14-32-22-17(15-21(35)34(25(22)37)16-7-5-8-16)24(36)33(26(32)38)13-4-2-11-20-30-23(39-31-20)18-9-1-3-12-29-18/h1,3,10,14,18-19H,2,4-9,11-13,15-17H2;1,3,9,12,16,19H,2,4-8,10-11,13-15H2. The van der Waals surface area contributed by atoms with E-state index in [2.05, 4.69) is 30.2 Å². The van der Waals surface area contributed by atoms with Gasteiger partial charge < -0.3 is 9.05 Å². The predicted molar refractivity (Wildman–Crippen MR) is 273 cm³/mol. The number of unbranched alkanes of at least 4 members (excludes halogenated alkanes) is 2. The summed E-state index contributed by atoms with van der Waals surface area (Å²) < 4.78 is 41.0. The number of aromatic nitrogens is 10. The molecular formula is C54H60F2N12O10. The number of nitrogens with zero attached hydrogens (tertiary/aromatic N) is 12. The Morgan fingerprint density at radius 1 is 0.538 bits per heavy atom. The minimum absolute atomic E-state index is 0.0272. The lowest BCUT2D eigenvalue weighted by molar-refractivity contribution is -0.132. The average molecular weight is 1080 g/mol. The van der Waals surface area contributed by atoms with Crippen LogP contribution in [0.2, 0.25) is 0 Å². The minimum Gasteiger partial charge on any atom is -0.332 e. The van der Waals surface area contributed by atoms with E-state index in [1.54, 1.807) is 42.7 Å². The fourth-order valence-corrected chi connectivity index (χ4v) is 10.4. The van der Waals surface area contributed by atoms with Crippen LogP contribution in [0.25, 0.3) is 23.2 Å². The van der Waals surface area contributed by atoms with Crippen LogP contribution in [0.3, 0.4) is 0 Å². The van der Waals surface area contributed by atoms with Crippen molar-refractivity contribution in [3.8, 4) is 23.2 Å². The summed E-state index contributed by atoms with van der Waals surface area (Å²) in [6.45, 7) is 0.436. The molecule has 0 atom stereocenters. The van der Waals surface area contributed by atoms with Crippen LogP contribution in [0.1, 0.15) is 146 Å². The maximum absolute atomic E-state index is 13.6. The van der Waals surface area contributed by atoms with E-state index in [1.807, 2.05) is 6.07 Å². The number of hydrogen-bond donors (Lipinski definition) is 0. The van der Waals surface area contributed by atoms with Gasteiger partial charge in [-0.25, -0.2) is 18.4 Å². The maximum atomic E-state index is 13.6. The Morgan fingerprint density at radius 3 is 1.38 bits per heavy atom. The molecule has 0 aromatic carbocycles. The number of halogens is 2. The Labute approximate surface area is 444 Å².